The van der Waals surface area contributed by atoms with Crippen molar-refractivity contribution in [2.75, 3.05) is 5.32 Å². The van der Waals surface area contributed by atoms with E-state index in [0.29, 0.717) is 5.69 Å². The van der Waals surface area contributed by atoms with Crippen LogP contribution in [0.3, 0.4) is 0 Å². The Hall–Kier alpha value is -2.04. The minimum atomic E-state index is -0.687. The summed E-state index contributed by atoms with van der Waals surface area (Å²) in [5.41, 5.74) is 8.46. The molecule has 0 saturated carbocycles. The van der Waals surface area contributed by atoms with Crippen LogP contribution in [-0.4, -0.2) is 12.0 Å². The van der Waals surface area contributed by atoms with Gasteiger partial charge in [-0.05, 0) is 50.1 Å². The van der Waals surface area contributed by atoms with Crippen LogP contribution in [0.4, 0.5) is 5.69 Å². The van der Waals surface area contributed by atoms with Crippen molar-refractivity contribution in [3.05, 3.63) is 59.7 Å². The Kier molecular flexibility index (Phi) is 7.07. The standard InChI is InChI=1S/C18H22N2O2.ClH/c1-12(2)22-16-10-9-15(11-13(16)3)20-18(21)17(19)14-7-5-4-6-8-14;/h4-12,17H,19H2,1-3H3,(H,20,21);1H. The molecule has 0 spiro atoms. The Labute approximate surface area is 143 Å². The number of rotatable bonds is 5. The number of carbonyl (C=O) groups excluding carboxylic acids is 1. The summed E-state index contributed by atoms with van der Waals surface area (Å²) in [7, 11) is 0. The van der Waals surface area contributed by atoms with Crippen molar-refractivity contribution in [3.8, 4) is 5.75 Å². The minimum absolute atomic E-state index is 0. The van der Waals surface area contributed by atoms with Crippen LogP contribution in [0.1, 0.15) is 31.0 Å². The van der Waals surface area contributed by atoms with E-state index in [1.807, 2.05) is 69.3 Å². The number of benzene rings is 2. The lowest BCUT2D eigenvalue weighted by molar-refractivity contribution is -0.117. The molecule has 3 N–H and O–H groups in total. The van der Waals surface area contributed by atoms with E-state index < -0.39 is 6.04 Å². The van der Waals surface area contributed by atoms with E-state index >= 15 is 0 Å². The van der Waals surface area contributed by atoms with Gasteiger partial charge in [0.1, 0.15) is 11.8 Å². The van der Waals surface area contributed by atoms with Crippen LogP contribution in [0.2, 0.25) is 0 Å². The predicted molar refractivity (Wildman–Crippen MR) is 96.2 cm³/mol. The quantitative estimate of drug-likeness (QED) is 0.873. The molecular weight excluding hydrogens is 312 g/mol. The summed E-state index contributed by atoms with van der Waals surface area (Å²) in [5.74, 6) is 0.587. The highest BCUT2D eigenvalue weighted by Crippen LogP contribution is 2.23. The normalized spacial score (nSPS) is 11.5. The molecule has 0 saturated heterocycles. The Balaban J connectivity index is 0.00000264. The van der Waals surface area contributed by atoms with Crippen molar-refractivity contribution in [1.29, 1.82) is 0 Å². The lowest BCUT2D eigenvalue weighted by Crippen LogP contribution is -2.27. The fourth-order valence-electron chi connectivity index (χ4n) is 2.15. The summed E-state index contributed by atoms with van der Waals surface area (Å²) in [6, 6.07) is 14.2. The Bertz CT molecular complexity index is 645. The molecule has 5 heteroatoms. The summed E-state index contributed by atoms with van der Waals surface area (Å²) in [6.45, 7) is 5.91. The first kappa shape index (κ1) is 19.0. The van der Waals surface area contributed by atoms with Crippen LogP contribution in [0.25, 0.3) is 0 Å². The van der Waals surface area contributed by atoms with Gasteiger partial charge < -0.3 is 15.8 Å². The molecule has 0 aliphatic carbocycles. The molecule has 4 nitrogen and oxygen atoms in total. The van der Waals surface area contributed by atoms with Crippen LogP contribution in [0.15, 0.2) is 48.5 Å². The third kappa shape index (κ3) is 5.27. The summed E-state index contributed by atoms with van der Waals surface area (Å²) >= 11 is 0. The zero-order valence-corrected chi connectivity index (χ0v) is 14.4. The zero-order valence-electron chi connectivity index (χ0n) is 13.6. The molecule has 1 amide bonds. The maximum atomic E-state index is 12.2. The van der Waals surface area contributed by atoms with Crippen molar-refractivity contribution < 1.29 is 9.53 Å². The fraction of sp³-hybridized carbons (Fsp3) is 0.278. The molecule has 0 heterocycles. The Morgan fingerprint density at radius 2 is 1.78 bits per heavy atom. The Morgan fingerprint density at radius 1 is 1.13 bits per heavy atom. The minimum Gasteiger partial charge on any atom is -0.491 e. The van der Waals surface area contributed by atoms with E-state index in [-0.39, 0.29) is 24.4 Å². The van der Waals surface area contributed by atoms with E-state index in [2.05, 4.69) is 5.32 Å². The second-order valence-electron chi connectivity index (χ2n) is 5.52. The van der Waals surface area contributed by atoms with Crippen LogP contribution in [0, 0.1) is 6.92 Å². The van der Waals surface area contributed by atoms with Gasteiger partial charge in [0.05, 0.1) is 6.10 Å². The first-order valence-electron chi connectivity index (χ1n) is 7.36. The molecule has 0 aromatic heterocycles. The lowest BCUT2D eigenvalue weighted by Gasteiger charge is -2.15. The first-order chi connectivity index (χ1) is 10.5. The maximum Gasteiger partial charge on any atom is 0.245 e. The van der Waals surface area contributed by atoms with E-state index in [4.69, 9.17) is 10.5 Å². The van der Waals surface area contributed by atoms with Crippen molar-refractivity contribution >= 4 is 24.0 Å². The van der Waals surface area contributed by atoms with Crippen molar-refractivity contribution in [2.45, 2.75) is 32.9 Å². The average Bonchev–Trinajstić information content (AvgIpc) is 2.49. The third-order valence-electron chi connectivity index (χ3n) is 3.25. The molecule has 1 atom stereocenters. The topological polar surface area (TPSA) is 64.4 Å². The van der Waals surface area contributed by atoms with Crippen LogP contribution < -0.4 is 15.8 Å². The highest BCUT2D eigenvalue weighted by molar-refractivity contribution is 5.95. The second-order valence-corrected chi connectivity index (χ2v) is 5.52. The molecule has 1 unspecified atom stereocenters. The molecule has 2 aromatic rings. The average molecular weight is 335 g/mol. The first-order valence-corrected chi connectivity index (χ1v) is 7.36. The van der Waals surface area contributed by atoms with E-state index in [9.17, 15) is 4.79 Å². The number of aryl methyl sites for hydroxylation is 1. The zero-order chi connectivity index (χ0) is 16.1. The third-order valence-corrected chi connectivity index (χ3v) is 3.25. The van der Waals surface area contributed by atoms with Gasteiger partial charge in [0.2, 0.25) is 5.91 Å². The molecule has 0 fully saturated rings. The van der Waals surface area contributed by atoms with Gasteiger partial charge in [-0.25, -0.2) is 0 Å². The van der Waals surface area contributed by atoms with Crippen LogP contribution >= 0.6 is 12.4 Å². The van der Waals surface area contributed by atoms with Gasteiger partial charge in [0, 0.05) is 5.69 Å². The number of ether oxygens (including phenoxy) is 1. The number of amides is 1. The van der Waals surface area contributed by atoms with Gasteiger partial charge >= 0.3 is 0 Å². The monoisotopic (exact) mass is 334 g/mol. The van der Waals surface area contributed by atoms with Crippen LogP contribution in [0.5, 0.6) is 5.75 Å². The molecule has 0 bridgehead atoms. The molecule has 0 radical (unpaired) electrons. The molecule has 2 rings (SSSR count). The summed E-state index contributed by atoms with van der Waals surface area (Å²) in [5, 5.41) is 2.84. The SMILES string of the molecule is Cc1cc(NC(=O)C(N)c2ccccc2)ccc1OC(C)C.Cl. The second kappa shape index (κ2) is 8.56. The number of halogens is 1. The molecule has 23 heavy (non-hydrogen) atoms. The fourth-order valence-corrected chi connectivity index (χ4v) is 2.15. The van der Waals surface area contributed by atoms with Crippen LogP contribution in [-0.2, 0) is 4.79 Å². The van der Waals surface area contributed by atoms with E-state index in [1.54, 1.807) is 0 Å². The van der Waals surface area contributed by atoms with E-state index in [1.165, 1.54) is 0 Å². The summed E-state index contributed by atoms with van der Waals surface area (Å²) < 4.78 is 5.68. The molecule has 0 aliphatic heterocycles. The van der Waals surface area contributed by atoms with Crippen molar-refractivity contribution in [2.24, 2.45) is 5.73 Å². The van der Waals surface area contributed by atoms with Gasteiger partial charge in [0.25, 0.3) is 0 Å². The number of nitrogens with two attached hydrogens (primary N) is 1. The molecular formula is C18H23ClN2O2. The van der Waals surface area contributed by atoms with Crippen molar-refractivity contribution in [3.63, 3.8) is 0 Å². The Morgan fingerprint density at radius 3 is 2.35 bits per heavy atom. The number of nitrogens with one attached hydrogen (secondary N) is 1. The summed E-state index contributed by atoms with van der Waals surface area (Å²) in [4.78, 5) is 12.2. The maximum absolute atomic E-state index is 12.2. The summed E-state index contributed by atoms with van der Waals surface area (Å²) in [6.07, 6.45) is 0.116. The van der Waals surface area contributed by atoms with Gasteiger partial charge in [-0.2, -0.15) is 0 Å². The van der Waals surface area contributed by atoms with Gasteiger partial charge in [-0.3, -0.25) is 4.79 Å². The van der Waals surface area contributed by atoms with Gasteiger partial charge in [-0.15, -0.1) is 12.4 Å². The van der Waals surface area contributed by atoms with E-state index in [0.717, 1.165) is 16.9 Å². The van der Waals surface area contributed by atoms with Gasteiger partial charge in [-0.1, -0.05) is 30.3 Å². The smallest absolute Gasteiger partial charge is 0.245 e. The molecule has 2 aromatic carbocycles. The predicted octanol–water partition coefficient (Wildman–Crippen LogP) is 3.84. The molecule has 124 valence electrons. The highest BCUT2D eigenvalue weighted by Gasteiger charge is 2.15. The van der Waals surface area contributed by atoms with Crippen molar-refractivity contribution in [1.82, 2.24) is 0 Å². The molecule has 0 aliphatic rings. The number of carbonyl (C=O) groups is 1. The lowest BCUT2D eigenvalue weighted by atomic mass is 10.1. The highest BCUT2D eigenvalue weighted by atomic mass is 35.5. The van der Waals surface area contributed by atoms with Gasteiger partial charge in [0.15, 0.2) is 0 Å². The number of hydrogen-bond donors (Lipinski definition) is 2. The largest absolute Gasteiger partial charge is 0.491 e. The number of hydrogen-bond acceptors (Lipinski definition) is 3. The number of anilines is 1.